The van der Waals surface area contributed by atoms with Gasteiger partial charge < -0.3 is 5.32 Å². The summed E-state index contributed by atoms with van der Waals surface area (Å²) in [5.74, 6) is 1.70. The summed E-state index contributed by atoms with van der Waals surface area (Å²) in [4.78, 5) is 22.2. The van der Waals surface area contributed by atoms with E-state index >= 15 is 0 Å². The zero-order valence-electron chi connectivity index (χ0n) is 19.5. The Balaban J connectivity index is 1.33. The number of rotatable bonds is 8. The van der Waals surface area contributed by atoms with Crippen LogP contribution in [0.5, 0.6) is 0 Å². The van der Waals surface area contributed by atoms with Gasteiger partial charge in [-0.1, -0.05) is 6.07 Å². The first kappa shape index (κ1) is 22.0. The molecule has 8 nitrogen and oxygen atoms in total. The second-order valence-electron chi connectivity index (χ2n) is 9.58. The van der Waals surface area contributed by atoms with Gasteiger partial charge in [0.05, 0.1) is 11.6 Å². The second kappa shape index (κ2) is 9.57. The van der Waals surface area contributed by atoms with Crippen molar-refractivity contribution in [1.29, 1.82) is 0 Å². The van der Waals surface area contributed by atoms with Crippen molar-refractivity contribution < 1.29 is 4.79 Å². The highest BCUT2D eigenvalue weighted by atomic mass is 16.1. The predicted molar refractivity (Wildman–Crippen MR) is 127 cm³/mol. The molecule has 33 heavy (non-hydrogen) atoms. The highest BCUT2D eigenvalue weighted by Gasteiger charge is 2.35. The molecule has 3 aromatic rings. The van der Waals surface area contributed by atoms with Crippen molar-refractivity contribution >= 4 is 11.6 Å². The number of nitrogens with one attached hydrogen (secondary N) is 1. The predicted octanol–water partition coefficient (Wildman–Crippen LogP) is 2.57. The Morgan fingerprint density at radius 1 is 1.15 bits per heavy atom. The second-order valence-corrected chi connectivity index (χ2v) is 9.58. The fourth-order valence-corrected chi connectivity index (χ4v) is 4.76. The summed E-state index contributed by atoms with van der Waals surface area (Å²) >= 11 is 0. The Morgan fingerprint density at radius 2 is 2.03 bits per heavy atom. The average Bonchev–Trinajstić information content (AvgIpc) is 3.54. The van der Waals surface area contributed by atoms with Gasteiger partial charge in [0.2, 0.25) is 0 Å². The van der Waals surface area contributed by atoms with E-state index in [2.05, 4.69) is 44.1 Å². The number of aromatic nitrogens is 4. The summed E-state index contributed by atoms with van der Waals surface area (Å²) in [6, 6.07) is 10.1. The Morgan fingerprint density at radius 3 is 2.79 bits per heavy atom. The van der Waals surface area contributed by atoms with Crippen LogP contribution in [0.4, 0.5) is 0 Å². The number of fused-ring (bicyclic) bond motifs is 1. The first-order valence-electron chi connectivity index (χ1n) is 12.1. The first-order valence-corrected chi connectivity index (χ1v) is 12.1. The highest BCUT2D eigenvalue weighted by Crippen LogP contribution is 2.33. The molecule has 1 atom stereocenters. The summed E-state index contributed by atoms with van der Waals surface area (Å²) in [7, 11) is 0. The molecule has 4 heterocycles. The molecule has 2 fully saturated rings. The quantitative estimate of drug-likeness (QED) is 0.572. The van der Waals surface area contributed by atoms with Crippen molar-refractivity contribution in [2.24, 2.45) is 5.92 Å². The maximum absolute atomic E-state index is 12.8. The molecule has 174 valence electrons. The fraction of sp³-hybridized carbons (Fsp3) is 0.520. The molecule has 1 aliphatic carbocycles. The standard InChI is InChI=1S/C25H33N7O/c1-18(2)31-14-13-30(15-19-6-7-19)17-22(31)24-29-28-23-9-8-20(16-32(23)24)25(33)27-12-10-21-5-3-4-11-26-21/h3-5,8-9,11,16,18-19,22H,6-7,10,12-15,17H2,1-2H3,(H,27,33)/t22-/m0/s1. The Labute approximate surface area is 195 Å². The van der Waals surface area contributed by atoms with Gasteiger partial charge in [0.25, 0.3) is 5.91 Å². The average molecular weight is 448 g/mol. The lowest BCUT2D eigenvalue weighted by molar-refractivity contribution is 0.0437. The SMILES string of the molecule is CC(C)N1CCN(CC2CC2)C[C@H]1c1nnc2ccc(C(=O)NCCc3ccccn3)cn12. The van der Waals surface area contributed by atoms with E-state index in [0.717, 1.165) is 42.7 Å². The molecule has 1 saturated heterocycles. The molecular formula is C25H33N7O. The van der Waals surface area contributed by atoms with Gasteiger partial charge in [-0.15, -0.1) is 10.2 Å². The van der Waals surface area contributed by atoms with E-state index in [1.54, 1.807) is 6.20 Å². The van der Waals surface area contributed by atoms with E-state index in [1.807, 2.05) is 40.9 Å². The smallest absolute Gasteiger partial charge is 0.252 e. The number of pyridine rings is 2. The monoisotopic (exact) mass is 447 g/mol. The van der Waals surface area contributed by atoms with Crippen LogP contribution in [-0.4, -0.2) is 74.1 Å². The largest absolute Gasteiger partial charge is 0.352 e. The van der Waals surface area contributed by atoms with Crippen molar-refractivity contribution in [2.45, 2.75) is 45.2 Å². The van der Waals surface area contributed by atoms with Crippen molar-refractivity contribution in [1.82, 2.24) is 34.7 Å². The molecule has 1 N–H and O–H groups in total. The van der Waals surface area contributed by atoms with Crippen LogP contribution in [0.1, 0.15) is 54.6 Å². The number of hydrogen-bond acceptors (Lipinski definition) is 6. The van der Waals surface area contributed by atoms with Gasteiger partial charge in [-0.2, -0.15) is 0 Å². The number of carbonyl (C=O) groups excluding carboxylic acids is 1. The third-order valence-electron chi connectivity index (χ3n) is 6.76. The van der Waals surface area contributed by atoms with Crippen molar-refractivity contribution in [3.63, 3.8) is 0 Å². The van der Waals surface area contributed by atoms with E-state index in [0.29, 0.717) is 24.6 Å². The molecule has 0 radical (unpaired) electrons. The molecule has 0 spiro atoms. The molecule has 8 heteroatoms. The Hall–Kier alpha value is -2.84. The minimum Gasteiger partial charge on any atom is -0.352 e. The van der Waals surface area contributed by atoms with Crippen molar-refractivity contribution in [3.05, 3.63) is 59.8 Å². The summed E-state index contributed by atoms with van der Waals surface area (Å²) in [6.07, 6.45) is 7.09. The van der Waals surface area contributed by atoms with Crippen LogP contribution in [0.3, 0.4) is 0 Å². The zero-order valence-corrected chi connectivity index (χ0v) is 19.5. The van der Waals surface area contributed by atoms with Gasteiger partial charge in [0, 0.05) is 63.3 Å². The van der Waals surface area contributed by atoms with E-state index < -0.39 is 0 Å². The molecule has 2 aliphatic rings. The molecule has 1 saturated carbocycles. The summed E-state index contributed by atoms with van der Waals surface area (Å²) in [5, 5.41) is 12.0. The number of amides is 1. The van der Waals surface area contributed by atoms with Gasteiger partial charge in [-0.3, -0.25) is 24.0 Å². The number of nitrogens with zero attached hydrogens (tertiary/aromatic N) is 6. The number of hydrogen-bond donors (Lipinski definition) is 1. The van der Waals surface area contributed by atoms with Crippen molar-refractivity contribution in [2.75, 3.05) is 32.7 Å². The van der Waals surface area contributed by atoms with Crippen LogP contribution in [0, 0.1) is 5.92 Å². The van der Waals surface area contributed by atoms with Crippen LogP contribution < -0.4 is 5.32 Å². The molecule has 1 amide bonds. The molecular weight excluding hydrogens is 414 g/mol. The van der Waals surface area contributed by atoms with E-state index in [9.17, 15) is 4.79 Å². The molecule has 0 aromatic carbocycles. The topological polar surface area (TPSA) is 78.7 Å². The van der Waals surface area contributed by atoms with Gasteiger partial charge in [0.15, 0.2) is 11.5 Å². The van der Waals surface area contributed by atoms with Crippen molar-refractivity contribution in [3.8, 4) is 0 Å². The highest BCUT2D eigenvalue weighted by molar-refractivity contribution is 5.94. The maximum atomic E-state index is 12.8. The third kappa shape index (κ3) is 5.07. The molecule has 3 aromatic heterocycles. The minimum absolute atomic E-state index is 0.0906. The van der Waals surface area contributed by atoms with Crippen LogP contribution in [0.15, 0.2) is 42.7 Å². The summed E-state index contributed by atoms with van der Waals surface area (Å²) in [6.45, 7) is 9.30. The lowest BCUT2D eigenvalue weighted by atomic mass is 10.1. The zero-order chi connectivity index (χ0) is 22.8. The van der Waals surface area contributed by atoms with Gasteiger partial charge in [-0.05, 0) is 56.9 Å². The molecule has 1 aliphatic heterocycles. The van der Waals surface area contributed by atoms with Crippen LogP contribution in [0.25, 0.3) is 5.65 Å². The van der Waals surface area contributed by atoms with E-state index in [1.165, 1.54) is 19.4 Å². The van der Waals surface area contributed by atoms with Gasteiger partial charge in [-0.25, -0.2) is 0 Å². The number of piperazine rings is 1. The van der Waals surface area contributed by atoms with Crippen LogP contribution in [-0.2, 0) is 6.42 Å². The fourth-order valence-electron chi connectivity index (χ4n) is 4.76. The van der Waals surface area contributed by atoms with E-state index in [-0.39, 0.29) is 11.9 Å². The van der Waals surface area contributed by atoms with Crippen LogP contribution >= 0.6 is 0 Å². The Bertz CT molecular complexity index is 1090. The summed E-state index contributed by atoms with van der Waals surface area (Å²) in [5.41, 5.74) is 2.36. The minimum atomic E-state index is -0.0906. The maximum Gasteiger partial charge on any atom is 0.252 e. The normalized spacial score (nSPS) is 19.9. The lowest BCUT2D eigenvalue weighted by Crippen LogP contribution is -2.51. The molecule has 0 unspecified atom stereocenters. The Kier molecular flexibility index (Phi) is 6.37. The number of carbonyl (C=O) groups is 1. The summed E-state index contributed by atoms with van der Waals surface area (Å²) < 4.78 is 2.01. The molecule has 0 bridgehead atoms. The first-order chi connectivity index (χ1) is 16.1. The lowest BCUT2D eigenvalue weighted by Gasteiger charge is -2.42. The van der Waals surface area contributed by atoms with E-state index in [4.69, 9.17) is 0 Å². The molecule has 5 rings (SSSR count). The van der Waals surface area contributed by atoms with Gasteiger partial charge in [0.1, 0.15) is 0 Å². The third-order valence-corrected chi connectivity index (χ3v) is 6.76. The van der Waals surface area contributed by atoms with Gasteiger partial charge >= 0.3 is 0 Å². The van der Waals surface area contributed by atoms with Crippen LogP contribution in [0.2, 0.25) is 0 Å².